The molecule has 0 radical (unpaired) electrons. The van der Waals surface area contributed by atoms with Gasteiger partial charge < -0.3 is 4.90 Å². The first kappa shape index (κ1) is 21.8. The van der Waals surface area contributed by atoms with Crippen molar-refractivity contribution >= 4 is 11.5 Å². The standard InChI is InChI=1S/C27H30N4O/c1-17(2)18-7-13-21(14-8-18)31-23-15-27(3,4)22(16-28)26(32)24(23)25(29-31)19-9-11-20(12-10-19)30(5)6/h7-14,17,22H,15H2,1-6H3. The lowest BCUT2D eigenvalue weighted by Gasteiger charge is -2.33. The highest BCUT2D eigenvalue weighted by molar-refractivity contribution is 6.06. The topological polar surface area (TPSA) is 61.9 Å². The third-order valence-corrected chi connectivity index (χ3v) is 6.48. The lowest BCUT2D eigenvalue weighted by atomic mass is 9.67. The van der Waals surface area contributed by atoms with Crippen molar-refractivity contribution in [2.75, 3.05) is 19.0 Å². The Morgan fingerprint density at radius 1 is 1.09 bits per heavy atom. The Balaban J connectivity index is 1.92. The van der Waals surface area contributed by atoms with Crippen LogP contribution < -0.4 is 4.90 Å². The van der Waals surface area contributed by atoms with E-state index in [-0.39, 0.29) is 5.78 Å². The molecule has 0 bridgehead atoms. The van der Waals surface area contributed by atoms with Gasteiger partial charge in [0.15, 0.2) is 5.78 Å². The van der Waals surface area contributed by atoms with Crippen molar-refractivity contribution in [3.05, 3.63) is 65.4 Å². The second-order valence-electron chi connectivity index (χ2n) is 9.86. The molecule has 1 atom stereocenters. The van der Waals surface area contributed by atoms with Gasteiger partial charge in [0.1, 0.15) is 11.6 Å². The Labute approximate surface area is 190 Å². The maximum absolute atomic E-state index is 13.5. The van der Waals surface area contributed by atoms with Crippen LogP contribution in [-0.4, -0.2) is 29.7 Å². The van der Waals surface area contributed by atoms with Gasteiger partial charge in [0.05, 0.1) is 23.0 Å². The molecule has 2 aromatic carbocycles. The molecule has 0 saturated carbocycles. The average Bonchev–Trinajstić information content (AvgIpc) is 3.12. The molecule has 0 N–H and O–H groups in total. The summed E-state index contributed by atoms with van der Waals surface area (Å²) in [6, 6.07) is 18.7. The minimum atomic E-state index is -0.684. The molecule has 3 aromatic rings. The third kappa shape index (κ3) is 3.60. The maximum Gasteiger partial charge on any atom is 0.184 e. The molecule has 0 aliphatic heterocycles. The van der Waals surface area contributed by atoms with Gasteiger partial charge in [-0.05, 0) is 47.6 Å². The number of carbonyl (C=O) groups is 1. The fourth-order valence-corrected chi connectivity index (χ4v) is 4.47. The number of fused-ring (bicyclic) bond motifs is 1. The summed E-state index contributed by atoms with van der Waals surface area (Å²) in [4.78, 5) is 15.6. The van der Waals surface area contributed by atoms with E-state index in [0.717, 1.165) is 22.6 Å². The smallest absolute Gasteiger partial charge is 0.184 e. The summed E-state index contributed by atoms with van der Waals surface area (Å²) >= 11 is 0. The molecule has 4 rings (SSSR count). The molecule has 1 aliphatic rings. The SMILES string of the molecule is CC(C)c1ccc(-n2nc(-c3ccc(N(C)C)cc3)c3c2CC(C)(C)C(C#N)C3=O)cc1. The number of rotatable bonds is 4. The van der Waals surface area contributed by atoms with Gasteiger partial charge >= 0.3 is 0 Å². The van der Waals surface area contributed by atoms with Crippen molar-refractivity contribution in [3.63, 3.8) is 0 Å². The molecule has 164 valence electrons. The van der Waals surface area contributed by atoms with Gasteiger partial charge in [-0.1, -0.05) is 52.0 Å². The van der Waals surface area contributed by atoms with Crippen molar-refractivity contribution in [2.24, 2.45) is 11.3 Å². The van der Waals surface area contributed by atoms with Gasteiger partial charge in [0.25, 0.3) is 0 Å². The quantitative estimate of drug-likeness (QED) is 0.542. The van der Waals surface area contributed by atoms with E-state index in [2.05, 4.69) is 44.2 Å². The van der Waals surface area contributed by atoms with Gasteiger partial charge in [-0.2, -0.15) is 10.4 Å². The second kappa shape index (κ2) is 7.94. The molecule has 5 heteroatoms. The average molecular weight is 427 g/mol. The molecule has 0 amide bonds. The summed E-state index contributed by atoms with van der Waals surface area (Å²) in [5, 5.41) is 14.7. The van der Waals surface area contributed by atoms with Crippen LogP contribution in [0.4, 0.5) is 5.69 Å². The molecule has 0 saturated heterocycles. The summed E-state index contributed by atoms with van der Waals surface area (Å²) in [6.45, 7) is 8.33. The van der Waals surface area contributed by atoms with Crippen LogP contribution in [0.1, 0.15) is 55.2 Å². The Hall–Kier alpha value is -3.39. The van der Waals surface area contributed by atoms with E-state index in [1.807, 2.05) is 61.8 Å². The predicted octanol–water partition coefficient (Wildman–Crippen LogP) is 5.63. The fraction of sp³-hybridized carbons (Fsp3) is 0.370. The number of benzene rings is 2. The van der Waals surface area contributed by atoms with Crippen molar-refractivity contribution in [1.29, 1.82) is 5.26 Å². The van der Waals surface area contributed by atoms with Crippen LogP contribution in [0.5, 0.6) is 0 Å². The number of hydrogen-bond acceptors (Lipinski definition) is 4. The van der Waals surface area contributed by atoms with E-state index in [1.165, 1.54) is 5.56 Å². The summed E-state index contributed by atoms with van der Waals surface area (Å²) in [7, 11) is 3.99. The molecule has 0 spiro atoms. The molecular weight excluding hydrogens is 396 g/mol. The van der Waals surface area contributed by atoms with Crippen LogP contribution in [0.2, 0.25) is 0 Å². The highest BCUT2D eigenvalue weighted by Gasteiger charge is 2.45. The zero-order valence-corrected chi connectivity index (χ0v) is 19.7. The van der Waals surface area contributed by atoms with E-state index in [9.17, 15) is 10.1 Å². The lowest BCUT2D eigenvalue weighted by Crippen LogP contribution is -2.37. The number of aromatic nitrogens is 2. The normalized spacial score (nSPS) is 17.2. The third-order valence-electron chi connectivity index (χ3n) is 6.48. The molecular formula is C27H30N4O. The number of carbonyl (C=O) groups excluding carboxylic acids is 1. The Bertz CT molecular complexity index is 1190. The van der Waals surface area contributed by atoms with Crippen molar-refractivity contribution in [2.45, 2.75) is 40.0 Å². The van der Waals surface area contributed by atoms with Crippen molar-refractivity contribution in [1.82, 2.24) is 9.78 Å². The largest absolute Gasteiger partial charge is 0.378 e. The van der Waals surface area contributed by atoms with Gasteiger partial charge in [-0.25, -0.2) is 4.68 Å². The highest BCUT2D eigenvalue weighted by atomic mass is 16.1. The van der Waals surface area contributed by atoms with Crippen LogP contribution in [0.3, 0.4) is 0 Å². The minimum absolute atomic E-state index is 0.129. The Morgan fingerprint density at radius 2 is 1.72 bits per heavy atom. The van der Waals surface area contributed by atoms with Gasteiger partial charge in [-0.15, -0.1) is 0 Å². The zero-order chi connectivity index (χ0) is 23.2. The van der Waals surface area contributed by atoms with E-state index in [4.69, 9.17) is 5.10 Å². The lowest BCUT2D eigenvalue weighted by molar-refractivity contribution is 0.0835. The zero-order valence-electron chi connectivity index (χ0n) is 19.7. The predicted molar refractivity (Wildman–Crippen MR) is 128 cm³/mol. The number of ketones is 1. The number of Topliss-reactive ketones (excluding diaryl/α,β-unsaturated/α-hetero) is 1. The second-order valence-corrected chi connectivity index (χ2v) is 9.86. The molecule has 1 aromatic heterocycles. The first-order valence-electron chi connectivity index (χ1n) is 11.1. The molecule has 5 nitrogen and oxygen atoms in total. The number of anilines is 1. The number of nitrogens with zero attached hydrogens (tertiary/aromatic N) is 4. The van der Waals surface area contributed by atoms with E-state index in [0.29, 0.717) is 23.6 Å². The van der Waals surface area contributed by atoms with E-state index in [1.54, 1.807) is 0 Å². The van der Waals surface area contributed by atoms with Gasteiger partial charge in [0, 0.05) is 25.3 Å². The van der Waals surface area contributed by atoms with Gasteiger partial charge in [0.2, 0.25) is 0 Å². The molecule has 1 unspecified atom stereocenters. The minimum Gasteiger partial charge on any atom is -0.378 e. The first-order chi connectivity index (χ1) is 15.1. The van der Waals surface area contributed by atoms with Crippen LogP contribution in [0.15, 0.2) is 48.5 Å². The highest BCUT2D eigenvalue weighted by Crippen LogP contribution is 2.43. The molecule has 1 aliphatic carbocycles. The summed E-state index contributed by atoms with van der Waals surface area (Å²) in [6.07, 6.45) is 0.612. The number of hydrogen-bond donors (Lipinski definition) is 0. The Morgan fingerprint density at radius 3 is 2.25 bits per heavy atom. The molecule has 1 heterocycles. The monoisotopic (exact) mass is 426 g/mol. The van der Waals surface area contributed by atoms with Crippen LogP contribution in [0, 0.1) is 22.7 Å². The number of nitriles is 1. The summed E-state index contributed by atoms with van der Waals surface area (Å²) in [5.74, 6) is -0.371. The van der Waals surface area contributed by atoms with Crippen LogP contribution >= 0.6 is 0 Å². The van der Waals surface area contributed by atoms with Crippen LogP contribution in [0.25, 0.3) is 16.9 Å². The molecule has 0 fully saturated rings. The first-order valence-corrected chi connectivity index (χ1v) is 11.1. The maximum atomic E-state index is 13.5. The van der Waals surface area contributed by atoms with Gasteiger partial charge in [-0.3, -0.25) is 4.79 Å². The van der Waals surface area contributed by atoms with E-state index >= 15 is 0 Å². The van der Waals surface area contributed by atoms with Crippen molar-refractivity contribution in [3.8, 4) is 23.0 Å². The van der Waals surface area contributed by atoms with E-state index < -0.39 is 11.3 Å². The van der Waals surface area contributed by atoms with Crippen molar-refractivity contribution < 1.29 is 4.79 Å². The molecule has 32 heavy (non-hydrogen) atoms. The fourth-order valence-electron chi connectivity index (χ4n) is 4.47. The Kier molecular flexibility index (Phi) is 5.42. The van der Waals surface area contributed by atoms with Crippen LogP contribution in [-0.2, 0) is 6.42 Å². The summed E-state index contributed by atoms with van der Waals surface area (Å²) in [5.41, 5.74) is 5.82. The summed E-state index contributed by atoms with van der Waals surface area (Å²) < 4.78 is 1.90.